The second kappa shape index (κ2) is 7.32. The SMILES string of the molecule is CCCc1ccc(-c2nccn2[C@H]2C[C@H]3CO[C@@H](CCO)CN3C2)o1. The number of hydrogen-bond acceptors (Lipinski definition) is 5. The first-order valence-corrected chi connectivity index (χ1v) is 9.37. The average molecular weight is 345 g/mol. The zero-order valence-electron chi connectivity index (χ0n) is 14.8. The van der Waals surface area contributed by atoms with E-state index in [0.29, 0.717) is 12.1 Å². The summed E-state index contributed by atoms with van der Waals surface area (Å²) in [6.45, 7) is 5.02. The van der Waals surface area contributed by atoms with Crippen LogP contribution in [0.25, 0.3) is 11.6 Å². The summed E-state index contributed by atoms with van der Waals surface area (Å²) >= 11 is 0. The maximum Gasteiger partial charge on any atom is 0.176 e. The second-order valence-corrected chi connectivity index (χ2v) is 7.14. The predicted octanol–water partition coefficient (Wildman–Crippen LogP) is 2.49. The van der Waals surface area contributed by atoms with Crippen LogP contribution in [-0.2, 0) is 11.2 Å². The molecule has 136 valence electrons. The van der Waals surface area contributed by atoms with E-state index in [1.54, 1.807) is 0 Å². The highest BCUT2D eigenvalue weighted by molar-refractivity contribution is 5.48. The van der Waals surface area contributed by atoms with Gasteiger partial charge in [-0.15, -0.1) is 0 Å². The van der Waals surface area contributed by atoms with Crippen LogP contribution in [0.4, 0.5) is 0 Å². The topological polar surface area (TPSA) is 63.7 Å². The van der Waals surface area contributed by atoms with E-state index in [9.17, 15) is 0 Å². The molecule has 4 rings (SSSR count). The number of furan rings is 1. The van der Waals surface area contributed by atoms with Crippen molar-refractivity contribution in [1.82, 2.24) is 14.5 Å². The Balaban J connectivity index is 1.49. The van der Waals surface area contributed by atoms with E-state index in [1.165, 1.54) is 0 Å². The van der Waals surface area contributed by atoms with Gasteiger partial charge in [-0.05, 0) is 31.4 Å². The van der Waals surface area contributed by atoms with E-state index in [4.69, 9.17) is 14.3 Å². The number of aromatic nitrogens is 2. The molecule has 2 aliphatic heterocycles. The van der Waals surface area contributed by atoms with Crippen LogP contribution in [0.2, 0.25) is 0 Å². The van der Waals surface area contributed by atoms with E-state index in [0.717, 1.165) is 62.7 Å². The van der Waals surface area contributed by atoms with Crippen LogP contribution in [0, 0.1) is 0 Å². The van der Waals surface area contributed by atoms with Gasteiger partial charge in [-0.2, -0.15) is 0 Å². The summed E-state index contributed by atoms with van der Waals surface area (Å²) in [6.07, 6.45) is 7.91. The number of aliphatic hydroxyl groups is 1. The molecule has 0 amide bonds. The van der Waals surface area contributed by atoms with Gasteiger partial charge in [-0.3, -0.25) is 4.90 Å². The maximum atomic E-state index is 9.14. The molecule has 0 saturated carbocycles. The number of morpholine rings is 1. The van der Waals surface area contributed by atoms with Crippen molar-refractivity contribution in [2.24, 2.45) is 0 Å². The van der Waals surface area contributed by atoms with Crippen molar-refractivity contribution in [3.05, 3.63) is 30.3 Å². The van der Waals surface area contributed by atoms with Crippen molar-refractivity contribution in [1.29, 1.82) is 0 Å². The first-order chi connectivity index (χ1) is 12.3. The molecule has 0 aromatic carbocycles. The molecular weight excluding hydrogens is 318 g/mol. The zero-order valence-corrected chi connectivity index (χ0v) is 14.8. The van der Waals surface area contributed by atoms with Crippen LogP contribution in [0.1, 0.15) is 38.0 Å². The largest absolute Gasteiger partial charge is 0.458 e. The van der Waals surface area contributed by atoms with Crippen molar-refractivity contribution in [3.8, 4) is 11.6 Å². The van der Waals surface area contributed by atoms with E-state index in [1.807, 2.05) is 12.3 Å². The van der Waals surface area contributed by atoms with Crippen LogP contribution >= 0.6 is 0 Å². The second-order valence-electron chi connectivity index (χ2n) is 7.14. The van der Waals surface area contributed by atoms with Crippen molar-refractivity contribution in [2.45, 2.75) is 50.8 Å². The van der Waals surface area contributed by atoms with Gasteiger partial charge >= 0.3 is 0 Å². The van der Waals surface area contributed by atoms with E-state index < -0.39 is 0 Å². The van der Waals surface area contributed by atoms with Gasteiger partial charge in [0.15, 0.2) is 11.6 Å². The summed E-state index contributed by atoms with van der Waals surface area (Å²) in [5, 5.41) is 9.14. The van der Waals surface area contributed by atoms with E-state index >= 15 is 0 Å². The van der Waals surface area contributed by atoms with Gasteiger partial charge in [0.05, 0.1) is 12.7 Å². The number of aryl methyl sites for hydroxylation is 1. The minimum atomic E-state index is 0.156. The smallest absolute Gasteiger partial charge is 0.176 e. The minimum absolute atomic E-state index is 0.156. The molecule has 2 saturated heterocycles. The van der Waals surface area contributed by atoms with Gasteiger partial charge < -0.3 is 18.8 Å². The molecule has 3 atom stereocenters. The molecule has 1 N–H and O–H groups in total. The summed E-state index contributed by atoms with van der Waals surface area (Å²) < 4.78 is 14.1. The van der Waals surface area contributed by atoms with Crippen LogP contribution in [0.3, 0.4) is 0 Å². The first kappa shape index (κ1) is 16.8. The Kier molecular flexibility index (Phi) is 4.92. The molecule has 25 heavy (non-hydrogen) atoms. The highest BCUT2D eigenvalue weighted by Gasteiger charge is 2.38. The number of hydrogen-bond donors (Lipinski definition) is 1. The summed E-state index contributed by atoms with van der Waals surface area (Å²) in [6, 6.07) is 4.94. The van der Waals surface area contributed by atoms with Gasteiger partial charge in [-0.1, -0.05) is 6.92 Å². The summed E-state index contributed by atoms with van der Waals surface area (Å²) in [5.74, 6) is 2.80. The number of ether oxygens (including phenoxy) is 1. The Morgan fingerprint density at radius 1 is 1.28 bits per heavy atom. The van der Waals surface area contributed by atoms with Crippen molar-refractivity contribution in [3.63, 3.8) is 0 Å². The number of aliphatic hydroxyl groups excluding tert-OH is 1. The standard InChI is InChI=1S/C19H27N3O3/c1-2-3-16-4-5-18(25-16)19-20-7-8-22(19)14-10-15-13-24-17(6-9-23)12-21(15)11-14/h4-5,7-8,14-15,17,23H,2-3,6,9-13H2,1H3/t14-,15-,17-/m0/s1. The number of imidazole rings is 1. The Labute approximate surface area is 148 Å². The quantitative estimate of drug-likeness (QED) is 0.871. The lowest BCUT2D eigenvalue weighted by molar-refractivity contribution is -0.0567. The molecule has 0 spiro atoms. The van der Waals surface area contributed by atoms with Crippen molar-refractivity contribution in [2.75, 3.05) is 26.3 Å². The molecule has 2 aromatic heterocycles. The predicted molar refractivity (Wildman–Crippen MR) is 94.4 cm³/mol. The number of nitrogens with zero attached hydrogens (tertiary/aromatic N) is 3. The maximum absolute atomic E-state index is 9.14. The first-order valence-electron chi connectivity index (χ1n) is 9.37. The Bertz CT molecular complexity index is 696. The fourth-order valence-electron chi connectivity index (χ4n) is 4.11. The third-order valence-electron chi connectivity index (χ3n) is 5.36. The fourth-order valence-corrected chi connectivity index (χ4v) is 4.11. The minimum Gasteiger partial charge on any atom is -0.458 e. The molecule has 4 heterocycles. The van der Waals surface area contributed by atoms with Crippen LogP contribution in [0.15, 0.2) is 28.9 Å². The summed E-state index contributed by atoms with van der Waals surface area (Å²) in [5.41, 5.74) is 0. The monoisotopic (exact) mass is 345 g/mol. The third-order valence-corrected chi connectivity index (χ3v) is 5.36. The van der Waals surface area contributed by atoms with Gasteiger partial charge in [0.1, 0.15) is 5.76 Å². The summed E-state index contributed by atoms with van der Waals surface area (Å²) in [7, 11) is 0. The molecule has 0 bridgehead atoms. The molecule has 0 radical (unpaired) electrons. The molecule has 6 heteroatoms. The van der Waals surface area contributed by atoms with Crippen LogP contribution < -0.4 is 0 Å². The average Bonchev–Trinajstić information content (AvgIpc) is 3.33. The molecule has 0 unspecified atom stereocenters. The molecule has 6 nitrogen and oxygen atoms in total. The van der Waals surface area contributed by atoms with Gasteiger partial charge in [-0.25, -0.2) is 4.98 Å². The number of rotatable bonds is 6. The van der Waals surface area contributed by atoms with Gasteiger partial charge in [0.25, 0.3) is 0 Å². The molecular formula is C19H27N3O3. The van der Waals surface area contributed by atoms with Gasteiger partial charge in [0, 0.05) is 50.6 Å². The normalized spacial score (nSPS) is 26.9. The lowest BCUT2D eigenvalue weighted by Gasteiger charge is -2.34. The zero-order chi connectivity index (χ0) is 17.2. The Morgan fingerprint density at radius 2 is 2.20 bits per heavy atom. The lowest BCUT2D eigenvalue weighted by atomic mass is 10.1. The van der Waals surface area contributed by atoms with Crippen LogP contribution in [0.5, 0.6) is 0 Å². The van der Waals surface area contributed by atoms with E-state index in [2.05, 4.69) is 33.6 Å². The number of fused-ring (bicyclic) bond motifs is 1. The highest BCUT2D eigenvalue weighted by atomic mass is 16.5. The Hall–Kier alpha value is -1.63. The van der Waals surface area contributed by atoms with Crippen molar-refractivity contribution < 1.29 is 14.3 Å². The third kappa shape index (κ3) is 3.38. The molecule has 2 aliphatic rings. The Morgan fingerprint density at radius 3 is 3.04 bits per heavy atom. The highest BCUT2D eigenvalue weighted by Crippen LogP contribution is 2.34. The van der Waals surface area contributed by atoms with Crippen LogP contribution in [-0.4, -0.2) is 58.0 Å². The fraction of sp³-hybridized carbons (Fsp3) is 0.632. The van der Waals surface area contributed by atoms with E-state index in [-0.39, 0.29) is 12.7 Å². The molecule has 0 aliphatic carbocycles. The molecule has 2 fully saturated rings. The molecule has 2 aromatic rings. The van der Waals surface area contributed by atoms with Gasteiger partial charge in [0.2, 0.25) is 0 Å². The lowest BCUT2D eigenvalue weighted by Crippen LogP contribution is -2.46. The summed E-state index contributed by atoms with van der Waals surface area (Å²) in [4.78, 5) is 7.06. The van der Waals surface area contributed by atoms with Crippen molar-refractivity contribution >= 4 is 0 Å².